The SMILES string of the molecule is O=S(=O)(O)SO. The van der Waals surface area contributed by atoms with Gasteiger partial charge in [-0.15, -0.1) is 0 Å². The van der Waals surface area contributed by atoms with Gasteiger partial charge in [-0.3, -0.25) is 4.55 Å². The van der Waals surface area contributed by atoms with Crippen LogP contribution in [0.25, 0.3) is 0 Å². The molecule has 0 unspecified atom stereocenters. The van der Waals surface area contributed by atoms with E-state index in [1.54, 1.807) is 0 Å². The zero-order valence-electron chi connectivity index (χ0n) is 2.53. The van der Waals surface area contributed by atoms with Gasteiger partial charge in [0.25, 0.3) is 0 Å². The van der Waals surface area contributed by atoms with Crippen molar-refractivity contribution in [3.05, 3.63) is 0 Å². The summed E-state index contributed by atoms with van der Waals surface area (Å²) in [6.07, 6.45) is 0. The molecule has 38 valence electrons. The minimum atomic E-state index is -4.19. The molecule has 0 aliphatic rings. The van der Waals surface area contributed by atoms with Crippen LogP contribution in [0.2, 0.25) is 0 Å². The van der Waals surface area contributed by atoms with Crippen molar-refractivity contribution >= 4 is 20.2 Å². The van der Waals surface area contributed by atoms with E-state index in [1.807, 2.05) is 0 Å². The van der Waals surface area contributed by atoms with Crippen molar-refractivity contribution in [3.63, 3.8) is 0 Å². The second kappa shape index (κ2) is 1.78. The van der Waals surface area contributed by atoms with E-state index >= 15 is 0 Å². The first-order valence-corrected chi connectivity index (χ1v) is 3.60. The molecule has 2 N–H and O–H groups in total. The lowest BCUT2D eigenvalue weighted by Crippen LogP contribution is -1.84. The van der Waals surface area contributed by atoms with E-state index in [2.05, 4.69) is 0 Å². The first kappa shape index (κ1) is 6.22. The molecule has 6 heteroatoms. The third-order valence-corrected chi connectivity index (χ3v) is 0.848. The molecule has 4 nitrogen and oxygen atoms in total. The Bertz CT molecular complexity index is 108. The van der Waals surface area contributed by atoms with Crippen LogP contribution in [0, 0.1) is 0 Å². The largest absolute Gasteiger partial charge is 0.345 e. The number of rotatable bonds is 1. The second-order valence-electron chi connectivity index (χ2n) is 0.502. The Hall–Kier alpha value is 0.220. The molecule has 0 spiro atoms. The molecule has 0 aromatic carbocycles. The summed E-state index contributed by atoms with van der Waals surface area (Å²) in [5, 5.41) is 0. The fourth-order valence-corrected chi connectivity index (χ4v) is 0. The van der Waals surface area contributed by atoms with Gasteiger partial charge in [-0.1, -0.05) is 0 Å². The molecule has 0 aromatic rings. The first-order valence-electron chi connectivity index (χ1n) is 0.865. The van der Waals surface area contributed by atoms with Crippen LogP contribution in [0.1, 0.15) is 0 Å². The van der Waals surface area contributed by atoms with Crippen LogP contribution >= 0.6 is 11.1 Å². The van der Waals surface area contributed by atoms with Gasteiger partial charge in [0.1, 0.15) is 0 Å². The Kier molecular flexibility index (Phi) is 1.85. The standard InChI is InChI=1S/H2O4S2/c1-5-6(2,3)4/h1H,(H,2,3,4). The summed E-state index contributed by atoms with van der Waals surface area (Å²) in [7, 11) is -4.19. The molecule has 0 aliphatic heterocycles. The molecule has 0 rings (SSSR count). The minimum absolute atomic E-state index is 0.590. The number of hydrogen-bond acceptors (Lipinski definition) is 4. The van der Waals surface area contributed by atoms with Gasteiger partial charge in [0, 0.05) is 0 Å². The molecule has 0 aliphatic carbocycles. The van der Waals surface area contributed by atoms with Gasteiger partial charge in [-0.05, 0) is 0 Å². The maximum absolute atomic E-state index is 9.27. The van der Waals surface area contributed by atoms with Crippen LogP contribution < -0.4 is 0 Å². The van der Waals surface area contributed by atoms with Gasteiger partial charge in [0.15, 0.2) is 11.1 Å². The summed E-state index contributed by atoms with van der Waals surface area (Å²) in [4.78, 5) is 0. The third-order valence-electron chi connectivity index (χ3n) is 0.0942. The molecule has 0 atom stereocenters. The quantitative estimate of drug-likeness (QED) is 0.297. The van der Waals surface area contributed by atoms with Crippen molar-refractivity contribution in [2.45, 2.75) is 0 Å². The van der Waals surface area contributed by atoms with Crippen molar-refractivity contribution in [3.8, 4) is 0 Å². The fraction of sp³-hybridized carbons (Fsp3) is 0. The summed E-state index contributed by atoms with van der Waals surface area (Å²) >= 11 is -0.590. The molecule has 0 fully saturated rings. The Morgan fingerprint density at radius 1 is 1.50 bits per heavy atom. The molecular formula is H2O4S2. The van der Waals surface area contributed by atoms with Crippen molar-refractivity contribution in [2.24, 2.45) is 0 Å². The molecule has 6 heavy (non-hydrogen) atoms. The highest BCUT2D eigenvalue weighted by Gasteiger charge is 1.98. The second-order valence-corrected chi connectivity index (χ2v) is 3.22. The smallest absolute Gasteiger partial charge is 0.315 e. The Labute approximate surface area is 38.5 Å². The topological polar surface area (TPSA) is 74.6 Å². The maximum atomic E-state index is 9.27. The van der Waals surface area contributed by atoms with E-state index < -0.39 is 20.2 Å². The van der Waals surface area contributed by atoms with E-state index in [0.29, 0.717) is 0 Å². The van der Waals surface area contributed by atoms with E-state index in [-0.39, 0.29) is 0 Å². The zero-order valence-corrected chi connectivity index (χ0v) is 4.16. The lowest BCUT2D eigenvalue weighted by atomic mass is 15.9. The monoisotopic (exact) mass is 130 g/mol. The molecule has 0 amide bonds. The normalized spacial score (nSPS) is 11.7. The predicted octanol–water partition coefficient (Wildman–Crippen LogP) is -0.00460. The molecule has 0 aromatic heterocycles. The summed E-state index contributed by atoms with van der Waals surface area (Å²) < 4.78 is 33.5. The number of hydrogen-bond donors (Lipinski definition) is 2. The first-order chi connectivity index (χ1) is 2.56. The Morgan fingerprint density at radius 2 is 1.67 bits per heavy atom. The lowest BCUT2D eigenvalue weighted by molar-refractivity contribution is 0.498. The lowest BCUT2D eigenvalue weighted by Gasteiger charge is -1.77. The van der Waals surface area contributed by atoms with Gasteiger partial charge < -0.3 is 4.55 Å². The van der Waals surface area contributed by atoms with Crippen LogP contribution in [-0.2, 0) is 9.15 Å². The van der Waals surface area contributed by atoms with Crippen LogP contribution in [0.15, 0.2) is 0 Å². The van der Waals surface area contributed by atoms with Gasteiger partial charge in [-0.25, -0.2) is 0 Å². The Balaban J connectivity index is 3.85. The fourth-order valence-electron chi connectivity index (χ4n) is 0. The highest BCUT2D eigenvalue weighted by atomic mass is 33.2. The highest BCUT2D eigenvalue weighted by molar-refractivity contribution is 8.67. The van der Waals surface area contributed by atoms with Crippen molar-refractivity contribution in [2.75, 3.05) is 0 Å². The van der Waals surface area contributed by atoms with E-state index in [0.717, 1.165) is 0 Å². The summed E-state index contributed by atoms with van der Waals surface area (Å²) in [5.41, 5.74) is 0. The van der Waals surface area contributed by atoms with Crippen molar-refractivity contribution < 1.29 is 17.5 Å². The van der Waals surface area contributed by atoms with Crippen LogP contribution in [0.3, 0.4) is 0 Å². The van der Waals surface area contributed by atoms with Crippen LogP contribution in [0.4, 0.5) is 0 Å². The average Bonchev–Trinajstić information content (AvgIpc) is 1.35. The summed E-state index contributed by atoms with van der Waals surface area (Å²) in [6, 6.07) is 0. The zero-order chi connectivity index (χ0) is 5.21. The van der Waals surface area contributed by atoms with Gasteiger partial charge in [0.05, 0.1) is 0 Å². The van der Waals surface area contributed by atoms with Gasteiger partial charge >= 0.3 is 9.15 Å². The highest BCUT2D eigenvalue weighted by Crippen LogP contribution is 1.99. The molecular weight excluding hydrogens is 128 g/mol. The van der Waals surface area contributed by atoms with Gasteiger partial charge in [-0.2, -0.15) is 8.42 Å². The van der Waals surface area contributed by atoms with Gasteiger partial charge in [0.2, 0.25) is 0 Å². The molecule has 0 radical (unpaired) electrons. The van der Waals surface area contributed by atoms with Crippen LogP contribution in [0.5, 0.6) is 0 Å². The molecule has 0 heterocycles. The Morgan fingerprint density at radius 3 is 1.67 bits per heavy atom. The third kappa shape index (κ3) is 4.22. The van der Waals surface area contributed by atoms with Crippen LogP contribution in [-0.4, -0.2) is 17.5 Å². The molecule has 0 saturated heterocycles. The van der Waals surface area contributed by atoms with E-state index in [9.17, 15) is 8.42 Å². The van der Waals surface area contributed by atoms with E-state index in [1.165, 1.54) is 0 Å². The summed E-state index contributed by atoms with van der Waals surface area (Å²) in [5.74, 6) is 0. The van der Waals surface area contributed by atoms with E-state index in [4.69, 9.17) is 9.11 Å². The predicted molar refractivity (Wildman–Crippen MR) is 21.8 cm³/mol. The van der Waals surface area contributed by atoms with Crippen molar-refractivity contribution in [1.82, 2.24) is 0 Å². The molecule has 0 saturated carbocycles. The summed E-state index contributed by atoms with van der Waals surface area (Å²) in [6.45, 7) is 0. The average molecular weight is 130 g/mol. The maximum Gasteiger partial charge on any atom is 0.345 e. The minimum Gasteiger partial charge on any atom is -0.315 e. The molecule has 0 bridgehead atoms. The van der Waals surface area contributed by atoms with Crippen molar-refractivity contribution in [1.29, 1.82) is 0 Å².